The first-order valence-electron chi connectivity index (χ1n) is 4.77. The molecule has 1 aliphatic heterocycles. The molecule has 0 N–H and O–H groups in total. The van der Waals surface area contributed by atoms with E-state index in [1.807, 2.05) is 20.8 Å². The normalized spacial score (nSPS) is 26.3. The molecular formula is C10H16O5. The van der Waals surface area contributed by atoms with E-state index in [9.17, 15) is 9.59 Å². The lowest BCUT2D eigenvalue weighted by atomic mass is 9.96. The fraction of sp³-hybridized carbons (Fsp3) is 0.800. The maximum Gasteiger partial charge on any atom is 0.338 e. The van der Waals surface area contributed by atoms with Gasteiger partial charge < -0.3 is 14.2 Å². The van der Waals surface area contributed by atoms with E-state index >= 15 is 0 Å². The van der Waals surface area contributed by atoms with E-state index in [-0.39, 0.29) is 11.8 Å². The van der Waals surface area contributed by atoms with Crippen molar-refractivity contribution < 1.29 is 23.8 Å². The van der Waals surface area contributed by atoms with Crippen LogP contribution in [0.5, 0.6) is 0 Å². The molecule has 5 nitrogen and oxygen atoms in total. The molecule has 1 heterocycles. The number of esters is 2. The summed E-state index contributed by atoms with van der Waals surface area (Å²) in [6, 6.07) is 0. The van der Waals surface area contributed by atoms with Crippen LogP contribution in [0.4, 0.5) is 0 Å². The number of carbonyl (C=O) groups is 2. The van der Waals surface area contributed by atoms with Crippen molar-refractivity contribution in [2.45, 2.75) is 39.6 Å². The molecule has 0 amide bonds. The summed E-state index contributed by atoms with van der Waals surface area (Å²) in [5.74, 6) is -0.980. The van der Waals surface area contributed by atoms with Gasteiger partial charge in [0, 0.05) is 5.41 Å². The maximum atomic E-state index is 11.3. The largest absolute Gasteiger partial charge is 0.469 e. The lowest BCUT2D eigenvalue weighted by molar-refractivity contribution is -0.154. The molecule has 0 bridgehead atoms. The van der Waals surface area contributed by atoms with Crippen molar-refractivity contribution in [2.75, 3.05) is 7.11 Å². The number of hydrogen-bond donors (Lipinski definition) is 0. The van der Waals surface area contributed by atoms with Crippen molar-refractivity contribution in [3.63, 3.8) is 0 Å². The minimum Gasteiger partial charge on any atom is -0.469 e. The Hall–Kier alpha value is -1.10. The maximum absolute atomic E-state index is 11.3. The van der Waals surface area contributed by atoms with E-state index in [1.165, 1.54) is 7.11 Å². The van der Waals surface area contributed by atoms with Gasteiger partial charge in [0.05, 0.1) is 13.5 Å². The SMILES string of the molecule is COC(=O)C[C@@H]1O[C@H](C(C)(C)C)OC1=O. The standard InChI is InChI=1S/C10H16O5/c1-10(2,3)9-14-6(8(12)15-9)5-7(11)13-4/h6,9H,5H2,1-4H3/t6-,9-/m0/s1. The molecule has 1 fully saturated rings. The van der Waals surface area contributed by atoms with Crippen LogP contribution in [0.25, 0.3) is 0 Å². The smallest absolute Gasteiger partial charge is 0.338 e. The first kappa shape index (κ1) is 12.0. The van der Waals surface area contributed by atoms with Crippen LogP contribution in [0, 0.1) is 5.41 Å². The molecule has 2 atom stereocenters. The van der Waals surface area contributed by atoms with Crippen LogP contribution >= 0.6 is 0 Å². The van der Waals surface area contributed by atoms with Crippen molar-refractivity contribution in [1.29, 1.82) is 0 Å². The van der Waals surface area contributed by atoms with Gasteiger partial charge in [0.25, 0.3) is 0 Å². The number of hydrogen-bond acceptors (Lipinski definition) is 5. The number of rotatable bonds is 2. The van der Waals surface area contributed by atoms with Gasteiger partial charge >= 0.3 is 11.9 Å². The zero-order valence-corrected chi connectivity index (χ0v) is 9.40. The molecular weight excluding hydrogens is 200 g/mol. The van der Waals surface area contributed by atoms with Gasteiger partial charge in [0.15, 0.2) is 6.10 Å². The molecule has 0 aromatic rings. The van der Waals surface area contributed by atoms with E-state index in [0.717, 1.165) is 0 Å². The Morgan fingerprint density at radius 2 is 2.07 bits per heavy atom. The van der Waals surface area contributed by atoms with Gasteiger partial charge in [-0.2, -0.15) is 0 Å². The van der Waals surface area contributed by atoms with Gasteiger partial charge in [0.1, 0.15) is 0 Å². The summed E-state index contributed by atoms with van der Waals surface area (Å²) in [7, 11) is 1.27. The molecule has 1 saturated heterocycles. The highest BCUT2D eigenvalue weighted by Crippen LogP contribution is 2.30. The lowest BCUT2D eigenvalue weighted by Gasteiger charge is -2.23. The Bertz CT molecular complexity index is 265. The molecule has 0 aromatic heterocycles. The Morgan fingerprint density at radius 1 is 1.47 bits per heavy atom. The van der Waals surface area contributed by atoms with Crippen LogP contribution in [0.15, 0.2) is 0 Å². The summed E-state index contributed by atoms with van der Waals surface area (Å²) in [6.07, 6.45) is -1.52. The Morgan fingerprint density at radius 3 is 2.47 bits per heavy atom. The summed E-state index contributed by atoms with van der Waals surface area (Å²) in [4.78, 5) is 22.3. The fourth-order valence-electron chi connectivity index (χ4n) is 1.16. The number of carbonyl (C=O) groups excluding carboxylic acids is 2. The first-order valence-corrected chi connectivity index (χ1v) is 4.77. The minimum atomic E-state index is -0.832. The van der Waals surface area contributed by atoms with Crippen molar-refractivity contribution in [3.8, 4) is 0 Å². The van der Waals surface area contributed by atoms with E-state index < -0.39 is 24.3 Å². The second-order valence-electron chi connectivity index (χ2n) is 4.54. The molecule has 0 aromatic carbocycles. The van der Waals surface area contributed by atoms with E-state index in [4.69, 9.17) is 9.47 Å². The zero-order chi connectivity index (χ0) is 11.6. The highest BCUT2D eigenvalue weighted by Gasteiger charge is 2.42. The molecule has 0 radical (unpaired) electrons. The average molecular weight is 216 g/mol. The Labute approximate surface area is 88.7 Å². The van der Waals surface area contributed by atoms with Gasteiger partial charge in [-0.15, -0.1) is 0 Å². The highest BCUT2D eigenvalue weighted by atomic mass is 16.8. The average Bonchev–Trinajstić information content (AvgIpc) is 2.47. The zero-order valence-electron chi connectivity index (χ0n) is 9.40. The minimum absolute atomic E-state index is 0.0953. The summed E-state index contributed by atoms with van der Waals surface area (Å²) >= 11 is 0. The molecule has 1 aliphatic rings. The van der Waals surface area contributed by atoms with Gasteiger partial charge in [-0.25, -0.2) is 4.79 Å². The number of cyclic esters (lactones) is 1. The first-order chi connectivity index (χ1) is 6.84. The summed E-state index contributed by atoms with van der Waals surface area (Å²) in [5.41, 5.74) is -0.291. The molecule has 0 unspecified atom stereocenters. The van der Waals surface area contributed by atoms with Gasteiger partial charge in [-0.1, -0.05) is 20.8 Å². The number of ether oxygens (including phenoxy) is 3. The molecule has 0 spiro atoms. The Kier molecular flexibility index (Phi) is 3.34. The molecule has 0 saturated carbocycles. The third-order valence-corrected chi connectivity index (χ3v) is 2.06. The molecule has 5 heteroatoms. The van der Waals surface area contributed by atoms with Crippen molar-refractivity contribution in [2.24, 2.45) is 5.41 Å². The molecule has 0 aliphatic carbocycles. The summed E-state index contributed by atoms with van der Waals surface area (Å²) in [5, 5.41) is 0. The second kappa shape index (κ2) is 4.18. The van der Waals surface area contributed by atoms with Crippen LogP contribution in [-0.4, -0.2) is 31.4 Å². The molecule has 15 heavy (non-hydrogen) atoms. The van der Waals surface area contributed by atoms with Crippen LogP contribution in [0.1, 0.15) is 27.2 Å². The van der Waals surface area contributed by atoms with Crippen LogP contribution in [0.3, 0.4) is 0 Å². The van der Waals surface area contributed by atoms with Gasteiger partial charge in [-0.3, -0.25) is 4.79 Å². The van der Waals surface area contributed by atoms with E-state index in [0.29, 0.717) is 0 Å². The van der Waals surface area contributed by atoms with Crippen LogP contribution in [-0.2, 0) is 23.8 Å². The fourth-order valence-corrected chi connectivity index (χ4v) is 1.16. The quantitative estimate of drug-likeness (QED) is 0.641. The van der Waals surface area contributed by atoms with E-state index in [1.54, 1.807) is 0 Å². The predicted molar refractivity (Wildman–Crippen MR) is 50.8 cm³/mol. The van der Waals surface area contributed by atoms with Crippen LogP contribution in [0.2, 0.25) is 0 Å². The van der Waals surface area contributed by atoms with Crippen molar-refractivity contribution >= 4 is 11.9 Å². The van der Waals surface area contributed by atoms with Gasteiger partial charge in [0.2, 0.25) is 6.29 Å². The lowest BCUT2D eigenvalue weighted by Crippen LogP contribution is -2.28. The van der Waals surface area contributed by atoms with E-state index in [2.05, 4.69) is 4.74 Å². The molecule has 86 valence electrons. The summed E-state index contributed by atoms with van der Waals surface area (Å²) < 4.78 is 14.8. The van der Waals surface area contributed by atoms with Crippen molar-refractivity contribution in [1.82, 2.24) is 0 Å². The third-order valence-electron chi connectivity index (χ3n) is 2.06. The number of methoxy groups -OCH3 is 1. The topological polar surface area (TPSA) is 61.8 Å². The second-order valence-corrected chi connectivity index (χ2v) is 4.54. The Balaban J connectivity index is 2.57. The monoisotopic (exact) mass is 216 g/mol. The van der Waals surface area contributed by atoms with Crippen LogP contribution < -0.4 is 0 Å². The highest BCUT2D eigenvalue weighted by molar-refractivity contribution is 5.82. The predicted octanol–water partition coefficient (Wildman–Crippen LogP) is 0.864. The third kappa shape index (κ3) is 2.92. The van der Waals surface area contributed by atoms with Gasteiger partial charge in [-0.05, 0) is 0 Å². The van der Waals surface area contributed by atoms with Crippen molar-refractivity contribution in [3.05, 3.63) is 0 Å². The summed E-state index contributed by atoms with van der Waals surface area (Å²) in [6.45, 7) is 5.68. The molecule has 1 rings (SSSR count).